The van der Waals surface area contributed by atoms with Crippen LogP contribution in [0.4, 0.5) is 0 Å². The maximum atomic E-state index is 14.4. The van der Waals surface area contributed by atoms with Gasteiger partial charge in [-0.3, -0.25) is 38.4 Å². The minimum atomic E-state index is -2.27. The van der Waals surface area contributed by atoms with Crippen molar-refractivity contribution in [3.05, 3.63) is 29.8 Å². The SMILES string of the molecule is CC[C@H](C)C[C@H](C)CCCCCCCCC(=O)N[C@H]1C[C@@H](O)[C@@H](O)NC(=O)[C@@H]2[C@@H](O)CCN2C(=O)[C@H]([C@H](O)CC(N)=O)NC(=O)[C@H]([C@H](O)[C@@H](O)c2ccc(O)cc2)CC(=O)[C@@H]2C[C@@H](O)CN2C(=O)[C@H](CO)NC1=O. The molecule has 15 N–H and O–H groups in total. The lowest BCUT2D eigenvalue weighted by molar-refractivity contribution is -0.150. The maximum Gasteiger partial charge on any atom is 0.248 e. The molecule has 0 bridgehead atoms. The molecule has 24 nitrogen and oxygen atoms in total. The van der Waals surface area contributed by atoms with Gasteiger partial charge in [0.15, 0.2) is 12.0 Å². The van der Waals surface area contributed by atoms with E-state index in [1.807, 2.05) is 0 Å². The molecule has 74 heavy (non-hydrogen) atoms. The van der Waals surface area contributed by atoms with Crippen LogP contribution in [0, 0.1) is 17.8 Å². The van der Waals surface area contributed by atoms with Crippen LogP contribution < -0.4 is 27.0 Å². The zero-order chi connectivity index (χ0) is 55.0. The highest BCUT2D eigenvalue weighted by Crippen LogP contribution is 2.30. The van der Waals surface area contributed by atoms with Gasteiger partial charge in [-0.25, -0.2) is 0 Å². The summed E-state index contributed by atoms with van der Waals surface area (Å²) in [6.07, 6.45) is -8.98. The molecule has 0 aromatic heterocycles. The lowest BCUT2D eigenvalue weighted by Gasteiger charge is -2.34. The average Bonchev–Trinajstić information content (AvgIpc) is 3.95. The van der Waals surface area contributed by atoms with Gasteiger partial charge in [0, 0.05) is 38.8 Å². The van der Waals surface area contributed by atoms with Gasteiger partial charge in [-0.2, -0.15) is 0 Å². The third kappa shape index (κ3) is 17.4. The molecule has 416 valence electrons. The number of phenols is 1. The number of aliphatic hydroxyl groups is 8. The summed E-state index contributed by atoms with van der Waals surface area (Å²) in [6, 6.07) is -4.68. The Balaban J connectivity index is 1.67. The Morgan fingerprint density at radius 2 is 1.45 bits per heavy atom. The third-order valence-electron chi connectivity index (χ3n) is 14.4. The molecular weight excluding hydrogens is 971 g/mol. The smallest absolute Gasteiger partial charge is 0.248 e. The Kier molecular flexibility index (Phi) is 24.1. The summed E-state index contributed by atoms with van der Waals surface area (Å²) in [6.45, 7) is 4.61. The molecule has 4 rings (SSSR count). The predicted molar refractivity (Wildman–Crippen MR) is 262 cm³/mol. The van der Waals surface area contributed by atoms with Gasteiger partial charge >= 0.3 is 0 Å². The van der Waals surface area contributed by atoms with Crippen molar-refractivity contribution in [3.63, 3.8) is 0 Å². The summed E-state index contributed by atoms with van der Waals surface area (Å²) in [5, 5.41) is 108. The predicted octanol–water partition coefficient (Wildman–Crippen LogP) is -2.64. The molecule has 7 amide bonds. The zero-order valence-corrected chi connectivity index (χ0v) is 42.5. The number of Topliss-reactive ketones (excluding diaryl/α,β-unsaturated/α-hetero) is 1. The topological polar surface area (TPSA) is 399 Å². The highest BCUT2D eigenvalue weighted by Gasteiger charge is 2.48. The van der Waals surface area contributed by atoms with E-state index in [1.165, 1.54) is 18.6 Å². The van der Waals surface area contributed by atoms with Gasteiger partial charge in [0.1, 0.15) is 42.1 Å². The second-order valence-corrected chi connectivity index (χ2v) is 20.4. The fraction of sp³-hybridized carbons (Fsp3) is 0.720. The minimum Gasteiger partial charge on any atom is -0.508 e. The van der Waals surface area contributed by atoms with Crippen molar-refractivity contribution in [1.82, 2.24) is 31.1 Å². The standard InChI is InChI=1S/C50H79N7O17/c1-4-26(2)19-27(3)11-9-7-5-6-8-10-12-40(66)52-32-22-38(64)47(71)55-48(72)42-35(61)17-18-56(42)50(74)41(37(63)23-39(51)65)54-45(69)31(44(68)43(67)28-13-15-29(59)16-14-28)21-36(62)34-20-30(60)24-57(34)49(73)33(25-58)53-46(32)70/h13-16,26-27,30-35,37-38,41-44,47,58-61,63-64,67-68,71H,4-12,17-25H2,1-3H3,(H2,51,65)(H,52,66)(H,53,70)(H,54,69)(H,55,72)/t26-,27+,30+,31-,32-,33-,34-,35-,37+,38+,41-,42-,43-,44-,47+/m0/s1. The molecule has 0 spiro atoms. The number of carbonyl (C=O) groups excluding carboxylic acids is 8. The number of benzene rings is 1. The van der Waals surface area contributed by atoms with Crippen molar-refractivity contribution in [3.8, 4) is 5.75 Å². The Morgan fingerprint density at radius 3 is 2.08 bits per heavy atom. The Hall–Kier alpha value is -5.34. The van der Waals surface area contributed by atoms with E-state index in [9.17, 15) is 84.3 Å². The number of aliphatic hydroxyl groups excluding tert-OH is 8. The molecule has 0 saturated carbocycles. The van der Waals surface area contributed by atoms with Crippen molar-refractivity contribution in [2.24, 2.45) is 23.5 Å². The molecule has 1 aromatic rings. The van der Waals surface area contributed by atoms with Gasteiger partial charge in [0.05, 0.1) is 49.4 Å². The van der Waals surface area contributed by atoms with Crippen LogP contribution in [0.3, 0.4) is 0 Å². The molecule has 3 aliphatic heterocycles. The van der Waals surface area contributed by atoms with E-state index in [4.69, 9.17) is 5.73 Å². The molecule has 3 heterocycles. The first-order valence-corrected chi connectivity index (χ1v) is 25.8. The van der Waals surface area contributed by atoms with Gasteiger partial charge in [-0.15, -0.1) is 0 Å². The highest BCUT2D eigenvalue weighted by molar-refractivity contribution is 5.98. The minimum absolute atomic E-state index is 0.0689. The van der Waals surface area contributed by atoms with E-state index in [1.54, 1.807) is 0 Å². The van der Waals surface area contributed by atoms with Gasteiger partial charge in [-0.1, -0.05) is 77.8 Å². The molecule has 3 fully saturated rings. The number of primary amides is 1. The number of phenolic OH excluding ortho intramolecular Hbond substituents is 1. The van der Waals surface area contributed by atoms with Crippen molar-refractivity contribution in [1.29, 1.82) is 0 Å². The van der Waals surface area contributed by atoms with Gasteiger partial charge in [0.25, 0.3) is 0 Å². The number of fused-ring (bicyclic) bond motifs is 2. The number of carbonyl (C=O) groups is 8. The van der Waals surface area contributed by atoms with E-state index < -0.39 is 171 Å². The van der Waals surface area contributed by atoms with Crippen LogP contribution in [0.5, 0.6) is 5.75 Å². The number of nitrogens with two attached hydrogens (primary N) is 1. The third-order valence-corrected chi connectivity index (χ3v) is 14.4. The first-order chi connectivity index (χ1) is 35.0. The summed E-state index contributed by atoms with van der Waals surface area (Å²) in [5.41, 5.74) is 5.25. The van der Waals surface area contributed by atoms with Crippen molar-refractivity contribution in [2.45, 2.75) is 190 Å². The average molecular weight is 1050 g/mol. The van der Waals surface area contributed by atoms with Crippen molar-refractivity contribution >= 4 is 47.1 Å². The largest absolute Gasteiger partial charge is 0.508 e. The van der Waals surface area contributed by atoms with Gasteiger partial charge in [-0.05, 0) is 48.8 Å². The Bertz CT molecular complexity index is 2070. The van der Waals surface area contributed by atoms with Crippen LogP contribution in [0.2, 0.25) is 0 Å². The van der Waals surface area contributed by atoms with Crippen LogP contribution >= 0.6 is 0 Å². The lowest BCUT2D eigenvalue weighted by Crippen LogP contribution is -2.61. The highest BCUT2D eigenvalue weighted by atomic mass is 16.3. The van der Waals surface area contributed by atoms with E-state index in [2.05, 4.69) is 42.0 Å². The van der Waals surface area contributed by atoms with Gasteiger partial charge < -0.3 is 82.8 Å². The van der Waals surface area contributed by atoms with Crippen LogP contribution in [0.15, 0.2) is 24.3 Å². The Morgan fingerprint density at radius 1 is 0.797 bits per heavy atom. The molecule has 3 aliphatic rings. The number of hydrogen-bond acceptors (Lipinski definition) is 17. The van der Waals surface area contributed by atoms with Crippen molar-refractivity contribution < 1.29 is 84.3 Å². The molecule has 3 saturated heterocycles. The maximum absolute atomic E-state index is 14.4. The fourth-order valence-corrected chi connectivity index (χ4v) is 9.91. The van der Waals surface area contributed by atoms with Gasteiger partial charge in [0.2, 0.25) is 41.4 Å². The summed E-state index contributed by atoms with van der Waals surface area (Å²) in [7, 11) is 0. The van der Waals surface area contributed by atoms with E-state index in [0.717, 1.165) is 55.6 Å². The quantitative estimate of drug-likeness (QED) is 0.0594. The zero-order valence-electron chi connectivity index (χ0n) is 42.5. The first-order valence-electron chi connectivity index (χ1n) is 25.8. The fourth-order valence-electron chi connectivity index (χ4n) is 9.91. The number of unbranched alkanes of at least 4 members (excludes halogenated alkanes) is 5. The van der Waals surface area contributed by atoms with E-state index in [-0.39, 0.29) is 24.2 Å². The molecule has 0 aliphatic carbocycles. The number of aromatic hydroxyl groups is 1. The number of ketones is 1. The van der Waals surface area contributed by atoms with E-state index in [0.29, 0.717) is 29.6 Å². The second kappa shape index (κ2) is 29.1. The number of rotatable bonds is 20. The van der Waals surface area contributed by atoms with Crippen LogP contribution in [-0.2, 0) is 38.4 Å². The van der Waals surface area contributed by atoms with Crippen molar-refractivity contribution in [2.75, 3.05) is 19.7 Å². The monoisotopic (exact) mass is 1050 g/mol. The molecular formula is C50H79N7O17. The summed E-state index contributed by atoms with van der Waals surface area (Å²) >= 11 is 0. The van der Waals surface area contributed by atoms with Crippen LogP contribution in [0.25, 0.3) is 0 Å². The lowest BCUT2D eigenvalue weighted by atomic mass is 9.86. The molecule has 1 aromatic carbocycles. The number of nitrogens with zero attached hydrogens (tertiary/aromatic N) is 2. The number of amides is 7. The summed E-state index contributed by atoms with van der Waals surface area (Å²) in [4.78, 5) is 112. The summed E-state index contributed by atoms with van der Waals surface area (Å²) in [5.74, 6) is -10.1. The number of hydrogen-bond donors (Lipinski definition) is 14. The number of nitrogens with one attached hydrogen (secondary N) is 4. The van der Waals surface area contributed by atoms with Crippen LogP contribution in [0.1, 0.15) is 129 Å². The molecule has 24 heteroatoms. The molecule has 15 atom stereocenters. The second-order valence-electron chi connectivity index (χ2n) is 20.4. The first kappa shape index (κ1) is 61.2. The van der Waals surface area contributed by atoms with E-state index >= 15 is 0 Å². The normalized spacial score (nSPS) is 28.9. The Labute approximate surface area is 430 Å². The molecule has 0 unspecified atom stereocenters. The summed E-state index contributed by atoms with van der Waals surface area (Å²) < 4.78 is 0. The van der Waals surface area contributed by atoms with Crippen LogP contribution in [-0.4, -0.2) is 190 Å². The molecule has 0 radical (unpaired) electrons.